The second-order valence-corrected chi connectivity index (χ2v) is 4.55. The van der Waals surface area contributed by atoms with Crippen LogP contribution in [0.4, 0.5) is 4.79 Å². The molecule has 0 N–H and O–H groups in total. The standard InChI is InChI=1S/C9H14N2O3S/c1-3-15-6-4-5-11-8(13)7(12)10(2)9(11)14/h3-6H2,1-2H3. The summed E-state index contributed by atoms with van der Waals surface area (Å²) in [7, 11) is 1.32. The Morgan fingerprint density at radius 1 is 1.20 bits per heavy atom. The molecule has 6 heteroatoms. The van der Waals surface area contributed by atoms with Gasteiger partial charge in [-0.25, -0.2) is 4.79 Å². The molecule has 1 aliphatic heterocycles. The molecule has 1 heterocycles. The first-order valence-corrected chi connectivity index (χ1v) is 5.96. The van der Waals surface area contributed by atoms with Crippen molar-refractivity contribution < 1.29 is 14.4 Å². The molecule has 15 heavy (non-hydrogen) atoms. The van der Waals surface area contributed by atoms with Crippen LogP contribution < -0.4 is 0 Å². The van der Waals surface area contributed by atoms with Crippen molar-refractivity contribution >= 4 is 29.6 Å². The number of thioether (sulfide) groups is 1. The minimum atomic E-state index is -0.733. The zero-order chi connectivity index (χ0) is 11.4. The zero-order valence-corrected chi connectivity index (χ0v) is 9.67. The molecule has 0 aromatic rings. The molecule has 1 aliphatic rings. The van der Waals surface area contributed by atoms with Crippen molar-refractivity contribution in [3.05, 3.63) is 0 Å². The average molecular weight is 230 g/mol. The van der Waals surface area contributed by atoms with E-state index in [2.05, 4.69) is 0 Å². The molecule has 0 radical (unpaired) electrons. The molecular weight excluding hydrogens is 216 g/mol. The van der Waals surface area contributed by atoms with Crippen LogP contribution in [0, 0.1) is 0 Å². The maximum absolute atomic E-state index is 11.4. The Morgan fingerprint density at radius 3 is 2.33 bits per heavy atom. The Kier molecular flexibility index (Phi) is 4.14. The predicted molar refractivity (Wildman–Crippen MR) is 57.5 cm³/mol. The van der Waals surface area contributed by atoms with Gasteiger partial charge in [0.2, 0.25) is 0 Å². The van der Waals surface area contributed by atoms with Gasteiger partial charge in [-0.15, -0.1) is 0 Å². The van der Waals surface area contributed by atoms with Crippen molar-refractivity contribution in [3.8, 4) is 0 Å². The van der Waals surface area contributed by atoms with Crippen LogP contribution in [0.1, 0.15) is 13.3 Å². The lowest BCUT2D eigenvalue weighted by molar-refractivity contribution is -0.142. The first kappa shape index (κ1) is 12.0. The Labute approximate surface area is 92.8 Å². The largest absolute Gasteiger partial charge is 0.333 e. The summed E-state index contributed by atoms with van der Waals surface area (Å²) in [6.45, 7) is 2.38. The lowest BCUT2D eigenvalue weighted by atomic mass is 10.4. The molecule has 1 saturated heterocycles. The molecule has 1 fully saturated rings. The lowest BCUT2D eigenvalue weighted by Gasteiger charge is -2.11. The summed E-state index contributed by atoms with van der Waals surface area (Å²) in [6.07, 6.45) is 0.733. The van der Waals surface area contributed by atoms with Crippen LogP contribution >= 0.6 is 11.8 Å². The van der Waals surface area contributed by atoms with E-state index in [-0.39, 0.29) is 0 Å². The highest BCUT2D eigenvalue weighted by Crippen LogP contribution is 2.11. The van der Waals surface area contributed by atoms with Gasteiger partial charge in [-0.3, -0.25) is 19.4 Å². The summed E-state index contributed by atoms with van der Waals surface area (Å²) in [5, 5.41) is 0. The molecule has 4 amide bonds. The number of hydrogen-bond acceptors (Lipinski definition) is 4. The summed E-state index contributed by atoms with van der Waals surface area (Å²) in [5.41, 5.74) is 0. The molecule has 0 aromatic carbocycles. The van der Waals surface area contributed by atoms with E-state index in [0.29, 0.717) is 6.54 Å². The monoisotopic (exact) mass is 230 g/mol. The smallest absolute Gasteiger partial charge is 0.263 e. The van der Waals surface area contributed by atoms with Gasteiger partial charge in [0.1, 0.15) is 0 Å². The van der Waals surface area contributed by atoms with Crippen molar-refractivity contribution in [3.63, 3.8) is 0 Å². The van der Waals surface area contributed by atoms with Crippen molar-refractivity contribution in [2.75, 3.05) is 25.1 Å². The van der Waals surface area contributed by atoms with Crippen LogP contribution in [0.3, 0.4) is 0 Å². The minimum Gasteiger partial charge on any atom is -0.263 e. The number of nitrogens with zero attached hydrogens (tertiary/aromatic N) is 2. The van der Waals surface area contributed by atoms with Crippen LogP contribution in [0.2, 0.25) is 0 Å². The number of urea groups is 1. The van der Waals surface area contributed by atoms with Crippen molar-refractivity contribution in [1.29, 1.82) is 0 Å². The number of hydrogen-bond donors (Lipinski definition) is 0. The molecule has 5 nitrogen and oxygen atoms in total. The molecule has 0 unspecified atom stereocenters. The van der Waals surface area contributed by atoms with Crippen LogP contribution in [0.15, 0.2) is 0 Å². The van der Waals surface area contributed by atoms with Crippen molar-refractivity contribution in [1.82, 2.24) is 9.80 Å². The normalized spacial score (nSPS) is 16.8. The molecule has 0 bridgehead atoms. The molecule has 0 aromatic heterocycles. The third-order valence-corrected chi connectivity index (χ3v) is 3.11. The number of carbonyl (C=O) groups excluding carboxylic acids is 3. The Bertz CT molecular complexity index is 293. The third kappa shape index (κ3) is 2.50. The third-order valence-electron chi connectivity index (χ3n) is 2.13. The maximum atomic E-state index is 11.4. The highest BCUT2D eigenvalue weighted by molar-refractivity contribution is 7.99. The first-order valence-electron chi connectivity index (χ1n) is 4.80. The van der Waals surface area contributed by atoms with E-state index in [1.807, 2.05) is 6.92 Å². The molecule has 0 aliphatic carbocycles. The number of likely N-dealkylation sites (N-methyl/N-ethyl adjacent to an activating group) is 1. The minimum absolute atomic E-state index is 0.334. The van der Waals surface area contributed by atoms with Gasteiger partial charge in [0, 0.05) is 13.6 Å². The van der Waals surface area contributed by atoms with Crippen LogP contribution in [-0.2, 0) is 9.59 Å². The Morgan fingerprint density at radius 2 is 1.87 bits per heavy atom. The van der Waals surface area contributed by atoms with E-state index >= 15 is 0 Å². The van der Waals surface area contributed by atoms with Gasteiger partial charge < -0.3 is 0 Å². The number of imide groups is 2. The fraction of sp³-hybridized carbons (Fsp3) is 0.667. The van der Waals surface area contributed by atoms with Crippen LogP contribution in [-0.4, -0.2) is 52.7 Å². The van der Waals surface area contributed by atoms with E-state index in [1.165, 1.54) is 7.05 Å². The number of carbonyl (C=O) groups is 3. The molecule has 0 saturated carbocycles. The molecule has 0 atom stereocenters. The number of amides is 4. The van der Waals surface area contributed by atoms with Gasteiger partial charge in [0.25, 0.3) is 0 Å². The van der Waals surface area contributed by atoms with Gasteiger partial charge in [-0.2, -0.15) is 11.8 Å². The second-order valence-electron chi connectivity index (χ2n) is 3.15. The molecule has 1 rings (SSSR count). The maximum Gasteiger partial charge on any atom is 0.333 e. The molecule has 0 spiro atoms. The fourth-order valence-electron chi connectivity index (χ4n) is 1.28. The highest BCUT2D eigenvalue weighted by atomic mass is 32.2. The van der Waals surface area contributed by atoms with Crippen LogP contribution in [0.25, 0.3) is 0 Å². The van der Waals surface area contributed by atoms with E-state index in [9.17, 15) is 14.4 Å². The van der Waals surface area contributed by atoms with Crippen molar-refractivity contribution in [2.45, 2.75) is 13.3 Å². The topological polar surface area (TPSA) is 57.7 Å². The van der Waals surface area contributed by atoms with E-state index in [4.69, 9.17) is 0 Å². The van der Waals surface area contributed by atoms with E-state index in [1.54, 1.807) is 11.8 Å². The number of rotatable bonds is 5. The summed E-state index contributed by atoms with van der Waals surface area (Å²) in [4.78, 5) is 35.7. The summed E-state index contributed by atoms with van der Waals surface area (Å²) >= 11 is 1.75. The van der Waals surface area contributed by atoms with Crippen molar-refractivity contribution in [2.24, 2.45) is 0 Å². The van der Waals surface area contributed by atoms with E-state index < -0.39 is 17.8 Å². The fourth-order valence-corrected chi connectivity index (χ4v) is 1.90. The quantitative estimate of drug-likeness (QED) is 0.393. The Hall–Kier alpha value is -1.04. The first-order chi connectivity index (χ1) is 7.09. The van der Waals surface area contributed by atoms with Gasteiger partial charge in [-0.05, 0) is 17.9 Å². The summed E-state index contributed by atoms with van der Waals surface area (Å²) < 4.78 is 0. The second kappa shape index (κ2) is 5.16. The van der Waals surface area contributed by atoms with E-state index in [0.717, 1.165) is 27.7 Å². The zero-order valence-electron chi connectivity index (χ0n) is 8.86. The highest BCUT2D eigenvalue weighted by Gasteiger charge is 2.41. The van der Waals surface area contributed by atoms with Gasteiger partial charge in [-0.1, -0.05) is 6.92 Å². The van der Waals surface area contributed by atoms with Gasteiger partial charge in [0.15, 0.2) is 0 Å². The Balaban J connectivity index is 2.45. The average Bonchev–Trinajstić information content (AvgIpc) is 2.41. The summed E-state index contributed by atoms with van der Waals surface area (Å²) in [6, 6.07) is -0.508. The summed E-state index contributed by atoms with van der Waals surface area (Å²) in [5.74, 6) is 0.471. The molecular formula is C9H14N2O3S. The SMILES string of the molecule is CCSCCCN1C(=O)C(=O)N(C)C1=O. The lowest BCUT2D eigenvalue weighted by Crippen LogP contribution is -2.32. The van der Waals surface area contributed by atoms with Crippen LogP contribution in [0.5, 0.6) is 0 Å². The van der Waals surface area contributed by atoms with Gasteiger partial charge in [0.05, 0.1) is 0 Å². The van der Waals surface area contributed by atoms with Gasteiger partial charge >= 0.3 is 17.8 Å². The molecule has 84 valence electrons. The predicted octanol–water partition coefficient (Wildman–Crippen LogP) is 0.550.